The lowest BCUT2D eigenvalue weighted by Crippen LogP contribution is -2.40. The van der Waals surface area contributed by atoms with Crippen molar-refractivity contribution >= 4 is 24.8 Å². The fourth-order valence-electron chi connectivity index (χ4n) is 2.14. The lowest BCUT2D eigenvalue weighted by Gasteiger charge is -2.35. The molecule has 0 aromatic heterocycles. The summed E-state index contributed by atoms with van der Waals surface area (Å²) in [6.07, 6.45) is 5.44. The van der Waals surface area contributed by atoms with E-state index in [4.69, 9.17) is 5.73 Å². The van der Waals surface area contributed by atoms with Gasteiger partial charge in [0.15, 0.2) is 0 Å². The molecular formula is C9H22Cl2N2. The minimum absolute atomic E-state index is 0. The van der Waals surface area contributed by atoms with Gasteiger partial charge in [0.05, 0.1) is 0 Å². The molecule has 1 fully saturated rings. The molecule has 2 atom stereocenters. The highest BCUT2D eigenvalue weighted by Gasteiger charge is 2.24. The topological polar surface area (TPSA) is 29.3 Å². The Kier molecular flexibility index (Phi) is 9.65. The molecule has 4 heteroatoms. The predicted octanol–water partition coefficient (Wildman–Crippen LogP) is 1.91. The van der Waals surface area contributed by atoms with Gasteiger partial charge in [-0.25, -0.2) is 0 Å². The molecule has 0 amide bonds. The van der Waals surface area contributed by atoms with E-state index in [9.17, 15) is 0 Å². The highest BCUT2D eigenvalue weighted by Crippen LogP contribution is 2.26. The van der Waals surface area contributed by atoms with E-state index in [0.29, 0.717) is 0 Å². The Bertz CT molecular complexity index is 120. The van der Waals surface area contributed by atoms with Crippen molar-refractivity contribution in [2.75, 3.05) is 20.6 Å². The zero-order chi connectivity index (χ0) is 8.27. The second-order valence-corrected chi connectivity index (χ2v) is 3.81. The van der Waals surface area contributed by atoms with Crippen molar-refractivity contribution in [2.45, 2.75) is 31.7 Å². The normalized spacial score (nSPS) is 27.7. The summed E-state index contributed by atoms with van der Waals surface area (Å²) in [5, 5.41) is 0. The van der Waals surface area contributed by atoms with Crippen LogP contribution in [-0.4, -0.2) is 31.6 Å². The van der Waals surface area contributed by atoms with E-state index in [1.807, 2.05) is 0 Å². The van der Waals surface area contributed by atoms with Crippen molar-refractivity contribution in [3.05, 3.63) is 0 Å². The van der Waals surface area contributed by atoms with Crippen molar-refractivity contribution in [2.24, 2.45) is 11.7 Å². The Labute approximate surface area is 94.1 Å². The minimum atomic E-state index is 0. The van der Waals surface area contributed by atoms with Gasteiger partial charge in [0, 0.05) is 6.04 Å². The van der Waals surface area contributed by atoms with Crippen LogP contribution in [0.5, 0.6) is 0 Å². The van der Waals surface area contributed by atoms with Crippen LogP contribution in [0.2, 0.25) is 0 Å². The van der Waals surface area contributed by atoms with Crippen LogP contribution in [0.1, 0.15) is 25.7 Å². The molecule has 1 aliphatic carbocycles. The van der Waals surface area contributed by atoms with E-state index in [1.165, 1.54) is 25.7 Å². The first kappa shape index (κ1) is 15.9. The van der Waals surface area contributed by atoms with E-state index < -0.39 is 0 Å². The lowest BCUT2D eigenvalue weighted by molar-refractivity contribution is 0.160. The maximum atomic E-state index is 5.70. The number of nitrogens with two attached hydrogens (primary N) is 1. The Morgan fingerprint density at radius 3 is 2.08 bits per heavy atom. The molecule has 1 aliphatic rings. The van der Waals surface area contributed by atoms with Gasteiger partial charge in [0.1, 0.15) is 0 Å². The largest absolute Gasteiger partial charge is 0.330 e. The standard InChI is InChI=1S/C9H20N2.2ClH/c1-11(2)9-6-4-3-5-8(9)7-10;;/h8-9H,3-7,10H2,1-2H3;2*1H/t8-,9-;;/m1../s1. The van der Waals surface area contributed by atoms with Crippen LogP contribution >= 0.6 is 24.8 Å². The third-order valence-corrected chi connectivity index (χ3v) is 2.83. The highest BCUT2D eigenvalue weighted by molar-refractivity contribution is 5.85. The molecule has 0 aromatic rings. The van der Waals surface area contributed by atoms with Gasteiger partial charge in [-0.15, -0.1) is 24.8 Å². The molecule has 0 radical (unpaired) electrons. The smallest absolute Gasteiger partial charge is 0.0129 e. The second-order valence-electron chi connectivity index (χ2n) is 3.81. The summed E-state index contributed by atoms with van der Waals surface area (Å²) < 4.78 is 0. The maximum absolute atomic E-state index is 5.70. The second kappa shape index (κ2) is 7.86. The molecule has 1 rings (SSSR count). The summed E-state index contributed by atoms with van der Waals surface area (Å²) in [6.45, 7) is 0.864. The molecule has 2 N–H and O–H groups in total. The van der Waals surface area contributed by atoms with Crippen LogP contribution < -0.4 is 5.73 Å². The van der Waals surface area contributed by atoms with E-state index in [0.717, 1.165) is 18.5 Å². The van der Waals surface area contributed by atoms with E-state index in [2.05, 4.69) is 19.0 Å². The van der Waals surface area contributed by atoms with Gasteiger partial charge < -0.3 is 10.6 Å². The third-order valence-electron chi connectivity index (χ3n) is 2.83. The zero-order valence-electron chi connectivity index (χ0n) is 8.53. The fraction of sp³-hybridized carbons (Fsp3) is 1.00. The summed E-state index contributed by atoms with van der Waals surface area (Å²) in [5.41, 5.74) is 5.70. The van der Waals surface area contributed by atoms with E-state index in [1.54, 1.807) is 0 Å². The average molecular weight is 229 g/mol. The Balaban J connectivity index is 0. The summed E-state index contributed by atoms with van der Waals surface area (Å²) in [4.78, 5) is 2.33. The quantitative estimate of drug-likeness (QED) is 0.783. The van der Waals surface area contributed by atoms with Gasteiger partial charge in [-0.3, -0.25) is 0 Å². The third kappa shape index (κ3) is 4.50. The average Bonchev–Trinajstić information content (AvgIpc) is 2.04. The molecular weight excluding hydrogens is 207 g/mol. The lowest BCUT2D eigenvalue weighted by atomic mass is 9.84. The van der Waals surface area contributed by atoms with Crippen LogP contribution in [0.3, 0.4) is 0 Å². The highest BCUT2D eigenvalue weighted by atomic mass is 35.5. The molecule has 0 unspecified atom stereocenters. The van der Waals surface area contributed by atoms with Gasteiger partial charge >= 0.3 is 0 Å². The monoisotopic (exact) mass is 228 g/mol. The van der Waals surface area contributed by atoms with E-state index >= 15 is 0 Å². The van der Waals surface area contributed by atoms with Gasteiger partial charge in [-0.2, -0.15) is 0 Å². The molecule has 13 heavy (non-hydrogen) atoms. The maximum Gasteiger partial charge on any atom is 0.0129 e. The minimum Gasteiger partial charge on any atom is -0.330 e. The van der Waals surface area contributed by atoms with Crippen molar-refractivity contribution in [3.8, 4) is 0 Å². The van der Waals surface area contributed by atoms with Crippen molar-refractivity contribution in [3.63, 3.8) is 0 Å². The number of hydrogen-bond donors (Lipinski definition) is 1. The summed E-state index contributed by atoms with van der Waals surface area (Å²) in [7, 11) is 4.33. The fourth-order valence-corrected chi connectivity index (χ4v) is 2.14. The number of hydrogen-bond acceptors (Lipinski definition) is 2. The van der Waals surface area contributed by atoms with Crippen LogP contribution in [0, 0.1) is 5.92 Å². The van der Waals surface area contributed by atoms with Crippen molar-refractivity contribution in [1.29, 1.82) is 0 Å². The zero-order valence-corrected chi connectivity index (χ0v) is 10.2. The van der Waals surface area contributed by atoms with Crippen molar-refractivity contribution < 1.29 is 0 Å². The summed E-state index contributed by atoms with van der Waals surface area (Å²) in [5.74, 6) is 0.749. The van der Waals surface area contributed by atoms with Gasteiger partial charge in [0.25, 0.3) is 0 Å². The molecule has 0 heterocycles. The van der Waals surface area contributed by atoms with Crippen LogP contribution in [0.15, 0.2) is 0 Å². The van der Waals surface area contributed by atoms with Crippen molar-refractivity contribution in [1.82, 2.24) is 4.90 Å². The Morgan fingerprint density at radius 1 is 1.15 bits per heavy atom. The molecule has 0 spiro atoms. The molecule has 0 bridgehead atoms. The number of nitrogens with zero attached hydrogens (tertiary/aromatic N) is 1. The van der Waals surface area contributed by atoms with Gasteiger partial charge in [0.2, 0.25) is 0 Å². The number of halogens is 2. The summed E-state index contributed by atoms with van der Waals surface area (Å²) >= 11 is 0. The Hall–Kier alpha value is 0.500. The van der Waals surface area contributed by atoms with E-state index in [-0.39, 0.29) is 24.8 Å². The molecule has 0 aromatic carbocycles. The Morgan fingerprint density at radius 2 is 1.69 bits per heavy atom. The molecule has 0 saturated heterocycles. The van der Waals surface area contributed by atoms with Crippen LogP contribution in [0.25, 0.3) is 0 Å². The van der Waals surface area contributed by atoms with Gasteiger partial charge in [-0.05, 0) is 39.4 Å². The first-order valence-corrected chi connectivity index (χ1v) is 4.62. The first-order chi connectivity index (χ1) is 5.25. The number of rotatable bonds is 2. The van der Waals surface area contributed by atoms with Crippen LogP contribution in [0.4, 0.5) is 0 Å². The SMILES string of the molecule is CN(C)[C@@H]1CCCC[C@@H]1CN.Cl.Cl. The summed E-state index contributed by atoms with van der Waals surface area (Å²) in [6, 6.07) is 0.744. The van der Waals surface area contributed by atoms with Crippen LogP contribution in [-0.2, 0) is 0 Å². The predicted molar refractivity (Wildman–Crippen MR) is 63.0 cm³/mol. The molecule has 1 saturated carbocycles. The first-order valence-electron chi connectivity index (χ1n) is 4.62. The molecule has 0 aliphatic heterocycles. The van der Waals surface area contributed by atoms with Gasteiger partial charge in [-0.1, -0.05) is 12.8 Å². The molecule has 2 nitrogen and oxygen atoms in total. The molecule has 82 valence electrons.